The second kappa shape index (κ2) is 11.9. The number of aliphatic hydroxyl groups is 1. The zero-order chi connectivity index (χ0) is 18.6. The van der Waals surface area contributed by atoms with Crippen LogP contribution in [0.3, 0.4) is 0 Å². The predicted octanol–water partition coefficient (Wildman–Crippen LogP) is 5.66. The van der Waals surface area contributed by atoms with Crippen LogP contribution in [-0.2, 0) is 11.2 Å². The Morgan fingerprint density at radius 1 is 1.08 bits per heavy atom. The Hall–Kier alpha value is -1.67. The summed E-state index contributed by atoms with van der Waals surface area (Å²) in [4.78, 5) is 12.4. The Labute approximate surface area is 159 Å². The van der Waals surface area contributed by atoms with Crippen LogP contribution in [0.1, 0.15) is 63.9 Å². The molecule has 1 aromatic carbocycles. The molecule has 0 bridgehead atoms. The number of carbonyl (C=O) groups excluding carboxylic acids is 1. The average Bonchev–Trinajstić information content (AvgIpc) is 2.66. The number of carbonyl (C=O) groups is 1. The lowest BCUT2D eigenvalue weighted by atomic mass is 9.74. The number of Topliss-reactive ketones (excluding diaryl/α,β-unsaturated/α-hetero) is 1. The minimum absolute atomic E-state index is 0.0243. The van der Waals surface area contributed by atoms with Crippen molar-refractivity contribution in [2.75, 3.05) is 0 Å². The molecule has 1 aliphatic rings. The maximum Gasteiger partial charge on any atom is 0.137 e. The third kappa shape index (κ3) is 6.92. The first-order chi connectivity index (χ1) is 12.7. The molecule has 26 heavy (non-hydrogen) atoms. The highest BCUT2D eigenvalue weighted by molar-refractivity contribution is 5.82. The van der Waals surface area contributed by atoms with Gasteiger partial charge in [0.05, 0.1) is 6.10 Å². The maximum atomic E-state index is 12.4. The summed E-state index contributed by atoms with van der Waals surface area (Å²) < 4.78 is 0. The van der Waals surface area contributed by atoms with Gasteiger partial charge in [0.1, 0.15) is 5.78 Å². The Morgan fingerprint density at radius 2 is 1.88 bits per heavy atom. The lowest BCUT2D eigenvalue weighted by Gasteiger charge is -2.32. The van der Waals surface area contributed by atoms with Crippen molar-refractivity contribution >= 4 is 5.78 Å². The molecule has 0 amide bonds. The summed E-state index contributed by atoms with van der Waals surface area (Å²) in [6, 6.07) is 10.3. The smallest absolute Gasteiger partial charge is 0.137 e. The SMILES string of the molecule is CCCCCC/C=C/[C@H]1[C@H](O)CCC(=O)[C@@H]1C/C=C\Cc1ccccc1. The molecule has 3 atom stereocenters. The van der Waals surface area contributed by atoms with E-state index in [9.17, 15) is 9.90 Å². The molecule has 0 heterocycles. The summed E-state index contributed by atoms with van der Waals surface area (Å²) in [6.07, 6.45) is 17.0. The normalized spacial score (nSPS) is 23.9. The van der Waals surface area contributed by atoms with Crippen LogP contribution in [0.15, 0.2) is 54.6 Å². The highest BCUT2D eigenvalue weighted by Gasteiger charge is 2.35. The van der Waals surface area contributed by atoms with Crippen LogP contribution in [-0.4, -0.2) is 17.0 Å². The molecule has 0 aromatic heterocycles. The van der Waals surface area contributed by atoms with Gasteiger partial charge in [-0.1, -0.05) is 80.8 Å². The predicted molar refractivity (Wildman–Crippen MR) is 109 cm³/mol. The molecule has 1 fully saturated rings. The van der Waals surface area contributed by atoms with Gasteiger partial charge in [-0.2, -0.15) is 0 Å². The number of benzene rings is 1. The van der Waals surface area contributed by atoms with Gasteiger partial charge < -0.3 is 5.11 Å². The van der Waals surface area contributed by atoms with Gasteiger partial charge in [0.15, 0.2) is 0 Å². The Morgan fingerprint density at radius 3 is 2.65 bits per heavy atom. The van der Waals surface area contributed by atoms with Crippen LogP contribution >= 0.6 is 0 Å². The molecular formula is C24H34O2. The topological polar surface area (TPSA) is 37.3 Å². The van der Waals surface area contributed by atoms with Crippen molar-refractivity contribution in [3.05, 3.63) is 60.2 Å². The quantitative estimate of drug-likeness (QED) is 0.435. The summed E-state index contributed by atoms with van der Waals surface area (Å²) >= 11 is 0. The van der Waals surface area contributed by atoms with Crippen molar-refractivity contribution in [2.45, 2.75) is 70.8 Å². The molecule has 2 nitrogen and oxygen atoms in total. The first kappa shape index (κ1) is 20.6. The van der Waals surface area contributed by atoms with Gasteiger partial charge in [0, 0.05) is 18.3 Å². The molecule has 1 aliphatic carbocycles. The molecule has 0 saturated heterocycles. The van der Waals surface area contributed by atoms with E-state index in [1.54, 1.807) is 0 Å². The minimum Gasteiger partial charge on any atom is -0.392 e. The van der Waals surface area contributed by atoms with Gasteiger partial charge >= 0.3 is 0 Å². The van der Waals surface area contributed by atoms with E-state index >= 15 is 0 Å². The molecule has 2 rings (SSSR count). The summed E-state index contributed by atoms with van der Waals surface area (Å²) in [5, 5.41) is 10.4. The highest BCUT2D eigenvalue weighted by Crippen LogP contribution is 2.32. The molecule has 1 aromatic rings. The number of hydrogen-bond donors (Lipinski definition) is 1. The zero-order valence-corrected chi connectivity index (χ0v) is 16.1. The zero-order valence-electron chi connectivity index (χ0n) is 16.1. The van der Waals surface area contributed by atoms with Crippen LogP contribution < -0.4 is 0 Å². The summed E-state index contributed by atoms with van der Waals surface area (Å²) in [5.41, 5.74) is 1.28. The third-order valence-electron chi connectivity index (χ3n) is 5.34. The van der Waals surface area contributed by atoms with Crippen LogP contribution in [0.25, 0.3) is 0 Å². The maximum absolute atomic E-state index is 12.4. The van der Waals surface area contributed by atoms with E-state index in [-0.39, 0.29) is 17.9 Å². The van der Waals surface area contributed by atoms with E-state index in [0.29, 0.717) is 18.6 Å². The monoisotopic (exact) mass is 354 g/mol. The van der Waals surface area contributed by atoms with Gasteiger partial charge in [0.2, 0.25) is 0 Å². The molecule has 2 heteroatoms. The minimum atomic E-state index is -0.382. The number of aliphatic hydroxyl groups excluding tert-OH is 1. The molecule has 0 spiro atoms. The number of rotatable bonds is 10. The van der Waals surface area contributed by atoms with Crippen molar-refractivity contribution < 1.29 is 9.90 Å². The van der Waals surface area contributed by atoms with Crippen molar-refractivity contribution in [2.24, 2.45) is 11.8 Å². The Balaban J connectivity index is 1.87. The fourth-order valence-corrected chi connectivity index (χ4v) is 3.72. The van der Waals surface area contributed by atoms with Crippen molar-refractivity contribution in [1.82, 2.24) is 0 Å². The van der Waals surface area contributed by atoms with E-state index in [4.69, 9.17) is 0 Å². The molecule has 142 valence electrons. The number of ketones is 1. The van der Waals surface area contributed by atoms with E-state index in [2.05, 4.69) is 43.4 Å². The first-order valence-electron chi connectivity index (χ1n) is 10.3. The fraction of sp³-hybridized carbons (Fsp3) is 0.542. The lowest BCUT2D eigenvalue weighted by Crippen LogP contribution is -2.37. The van der Waals surface area contributed by atoms with Gasteiger partial charge in [-0.15, -0.1) is 0 Å². The van der Waals surface area contributed by atoms with Crippen molar-refractivity contribution in [3.63, 3.8) is 0 Å². The molecular weight excluding hydrogens is 320 g/mol. The van der Waals surface area contributed by atoms with Gasteiger partial charge in [-0.25, -0.2) is 0 Å². The fourth-order valence-electron chi connectivity index (χ4n) is 3.72. The summed E-state index contributed by atoms with van der Waals surface area (Å²) in [7, 11) is 0. The van der Waals surface area contributed by atoms with Gasteiger partial charge in [-0.05, 0) is 37.7 Å². The standard InChI is InChI=1S/C24H34O2/c1-2-3-4-5-6-10-16-21-22(24(26)19-18-23(21)25)17-12-11-15-20-13-8-7-9-14-20/h7-14,16,21-23,25H,2-6,15,17-19H2,1H3/b12-11-,16-10+/t21-,22-,23-/m1/s1. The summed E-state index contributed by atoms with van der Waals surface area (Å²) in [5.74, 6) is 0.210. The second-order valence-electron chi connectivity index (χ2n) is 7.43. The van der Waals surface area contributed by atoms with Crippen LogP contribution in [0.4, 0.5) is 0 Å². The Bertz CT molecular complexity index is 573. The number of unbranched alkanes of at least 4 members (excludes halogenated alkanes) is 4. The summed E-state index contributed by atoms with van der Waals surface area (Å²) in [6.45, 7) is 2.22. The molecule has 0 aliphatic heterocycles. The van der Waals surface area contributed by atoms with Crippen LogP contribution in [0.5, 0.6) is 0 Å². The molecule has 1 N–H and O–H groups in total. The molecule has 1 saturated carbocycles. The van der Waals surface area contributed by atoms with E-state index in [0.717, 1.165) is 19.3 Å². The van der Waals surface area contributed by atoms with Gasteiger partial charge in [0.25, 0.3) is 0 Å². The van der Waals surface area contributed by atoms with Crippen LogP contribution in [0, 0.1) is 11.8 Å². The molecule has 0 unspecified atom stereocenters. The Kier molecular flexibility index (Phi) is 9.41. The van der Waals surface area contributed by atoms with Gasteiger partial charge in [-0.3, -0.25) is 4.79 Å². The first-order valence-corrected chi connectivity index (χ1v) is 10.3. The highest BCUT2D eigenvalue weighted by atomic mass is 16.3. The van der Waals surface area contributed by atoms with Crippen LogP contribution in [0.2, 0.25) is 0 Å². The van der Waals surface area contributed by atoms with E-state index in [1.165, 1.54) is 31.2 Å². The third-order valence-corrected chi connectivity index (χ3v) is 5.34. The van der Waals surface area contributed by atoms with E-state index in [1.807, 2.05) is 18.2 Å². The second-order valence-corrected chi connectivity index (χ2v) is 7.43. The number of hydrogen-bond acceptors (Lipinski definition) is 2. The van der Waals surface area contributed by atoms with Crippen molar-refractivity contribution in [3.8, 4) is 0 Å². The van der Waals surface area contributed by atoms with E-state index < -0.39 is 0 Å². The van der Waals surface area contributed by atoms with Crippen molar-refractivity contribution in [1.29, 1.82) is 0 Å². The largest absolute Gasteiger partial charge is 0.392 e. The molecule has 0 radical (unpaired) electrons. The number of allylic oxidation sites excluding steroid dienone is 3. The average molecular weight is 355 g/mol. The lowest BCUT2D eigenvalue weighted by molar-refractivity contribution is -0.129.